The van der Waals surface area contributed by atoms with Crippen LogP contribution in [0.25, 0.3) is 0 Å². The number of aromatic nitrogens is 1. The largest absolute Gasteiger partial charge is 0.290 e. The molecule has 0 bridgehead atoms. The van der Waals surface area contributed by atoms with E-state index in [1.807, 2.05) is 42.5 Å². The number of hydroxylamine groups is 1. The minimum absolute atomic E-state index is 0.298. The minimum atomic E-state index is -0.306. The van der Waals surface area contributed by atoms with Gasteiger partial charge in [0.1, 0.15) is 11.7 Å². The van der Waals surface area contributed by atoms with Crippen LogP contribution in [0.2, 0.25) is 0 Å². The van der Waals surface area contributed by atoms with Crippen molar-refractivity contribution in [3.63, 3.8) is 0 Å². The molecule has 0 aliphatic rings. The molecule has 1 aromatic heterocycles. The zero-order valence-electron chi connectivity index (χ0n) is 14.2. The van der Waals surface area contributed by atoms with Crippen molar-refractivity contribution in [2.24, 2.45) is 4.99 Å². The minimum Gasteiger partial charge on any atom is -0.290 e. The Kier molecular flexibility index (Phi) is 6.06. The fourth-order valence-corrected chi connectivity index (χ4v) is 2.86. The van der Waals surface area contributed by atoms with Gasteiger partial charge in [0.2, 0.25) is 0 Å². The Morgan fingerprint density at radius 1 is 0.962 bits per heavy atom. The van der Waals surface area contributed by atoms with Crippen molar-refractivity contribution in [2.75, 3.05) is 6.54 Å². The molecular weight excluding hydrogens is 329 g/mol. The van der Waals surface area contributed by atoms with E-state index in [-0.39, 0.29) is 11.7 Å². The molecule has 0 aliphatic heterocycles. The number of aliphatic imine (C=N–C) groups is 1. The number of halogens is 1. The quantitative estimate of drug-likeness (QED) is 0.402. The van der Waals surface area contributed by atoms with Crippen LogP contribution in [-0.2, 0) is 6.42 Å². The third kappa shape index (κ3) is 4.52. The summed E-state index contributed by atoms with van der Waals surface area (Å²) in [6.07, 6.45) is 4.23. The fourth-order valence-electron chi connectivity index (χ4n) is 2.86. The number of hydrogen-bond acceptors (Lipinski definition) is 3. The van der Waals surface area contributed by atoms with Gasteiger partial charge < -0.3 is 0 Å². The van der Waals surface area contributed by atoms with Crippen molar-refractivity contribution >= 4 is 5.84 Å². The Bertz CT molecular complexity index is 836. The van der Waals surface area contributed by atoms with Gasteiger partial charge in [-0.25, -0.2) is 4.39 Å². The molecule has 3 rings (SSSR count). The maximum atomic E-state index is 13.3. The number of rotatable bonds is 6. The molecule has 0 amide bonds. The van der Waals surface area contributed by atoms with E-state index < -0.39 is 0 Å². The fraction of sp³-hybridized carbons (Fsp3) is 0.143. The summed E-state index contributed by atoms with van der Waals surface area (Å²) in [5, 5.41) is 9.71. The van der Waals surface area contributed by atoms with Crippen LogP contribution >= 0.6 is 0 Å². The average Bonchev–Trinajstić information content (AvgIpc) is 2.70. The molecule has 0 saturated carbocycles. The Hall–Kier alpha value is -3.05. The highest BCUT2D eigenvalue weighted by Gasteiger charge is 2.20. The number of hydrogen-bond donors (Lipinski definition) is 2. The standard InChI is InChI=1S/C21H20FN3O/c22-19-8-6-18(7-9-19)20(17-4-2-1-3-5-17)21(25-26)24-15-12-16-10-13-23-14-11-16/h1-11,13-14,20,26H,12,15H2,(H,24,25)/t20-/m1/s1. The lowest BCUT2D eigenvalue weighted by Gasteiger charge is -2.20. The Labute approximate surface area is 152 Å². The topological polar surface area (TPSA) is 57.5 Å². The lowest BCUT2D eigenvalue weighted by Crippen LogP contribution is -2.28. The predicted octanol–water partition coefficient (Wildman–Crippen LogP) is 3.97. The summed E-state index contributed by atoms with van der Waals surface area (Å²) in [7, 11) is 0. The van der Waals surface area contributed by atoms with Gasteiger partial charge in [-0.05, 0) is 47.4 Å². The normalized spacial score (nSPS) is 12.6. The first kappa shape index (κ1) is 17.8. The molecule has 0 aliphatic carbocycles. The van der Waals surface area contributed by atoms with Gasteiger partial charge in [0.25, 0.3) is 0 Å². The van der Waals surface area contributed by atoms with Crippen LogP contribution in [0.4, 0.5) is 4.39 Å². The van der Waals surface area contributed by atoms with Crippen LogP contribution in [0, 0.1) is 5.82 Å². The number of amidine groups is 1. The second-order valence-corrected chi connectivity index (χ2v) is 5.88. The highest BCUT2D eigenvalue weighted by molar-refractivity contribution is 5.91. The molecule has 0 spiro atoms. The zero-order chi connectivity index (χ0) is 18.2. The Morgan fingerprint density at radius 3 is 2.27 bits per heavy atom. The van der Waals surface area contributed by atoms with Crippen molar-refractivity contribution in [1.29, 1.82) is 0 Å². The van der Waals surface area contributed by atoms with E-state index in [0.717, 1.165) is 23.1 Å². The lowest BCUT2D eigenvalue weighted by molar-refractivity contribution is 0.230. The predicted molar refractivity (Wildman–Crippen MR) is 99.9 cm³/mol. The Balaban J connectivity index is 1.88. The molecule has 26 heavy (non-hydrogen) atoms. The highest BCUT2D eigenvalue weighted by atomic mass is 19.1. The summed E-state index contributed by atoms with van der Waals surface area (Å²) >= 11 is 0. The van der Waals surface area contributed by atoms with Crippen molar-refractivity contribution < 1.29 is 9.60 Å². The summed E-state index contributed by atoms with van der Waals surface area (Å²) in [6, 6.07) is 19.8. The summed E-state index contributed by atoms with van der Waals surface area (Å²) in [5.41, 5.74) is 5.18. The van der Waals surface area contributed by atoms with Gasteiger partial charge in [0.15, 0.2) is 0 Å². The van der Waals surface area contributed by atoms with Crippen molar-refractivity contribution in [3.05, 3.63) is 102 Å². The van der Waals surface area contributed by atoms with Gasteiger partial charge >= 0.3 is 0 Å². The first-order valence-electron chi connectivity index (χ1n) is 8.41. The molecule has 2 aromatic carbocycles. The van der Waals surface area contributed by atoms with Crippen LogP contribution in [-0.4, -0.2) is 22.6 Å². The SMILES string of the molecule is ONC(=NCCc1ccncc1)[C@H](c1ccccc1)c1ccc(F)cc1. The van der Waals surface area contributed by atoms with E-state index in [9.17, 15) is 9.60 Å². The Morgan fingerprint density at radius 2 is 1.62 bits per heavy atom. The maximum absolute atomic E-state index is 13.3. The van der Waals surface area contributed by atoms with E-state index in [4.69, 9.17) is 0 Å². The van der Waals surface area contributed by atoms with E-state index in [1.165, 1.54) is 12.1 Å². The molecular formula is C21H20FN3O. The van der Waals surface area contributed by atoms with Crippen LogP contribution in [0.15, 0.2) is 84.1 Å². The van der Waals surface area contributed by atoms with Crippen molar-refractivity contribution in [1.82, 2.24) is 10.5 Å². The molecule has 4 nitrogen and oxygen atoms in total. The zero-order valence-corrected chi connectivity index (χ0v) is 14.2. The monoisotopic (exact) mass is 349 g/mol. The van der Waals surface area contributed by atoms with E-state index >= 15 is 0 Å². The summed E-state index contributed by atoms with van der Waals surface area (Å²) < 4.78 is 13.3. The second-order valence-electron chi connectivity index (χ2n) is 5.88. The van der Waals surface area contributed by atoms with E-state index in [1.54, 1.807) is 24.5 Å². The van der Waals surface area contributed by atoms with Gasteiger partial charge in [-0.1, -0.05) is 42.5 Å². The summed E-state index contributed by atoms with van der Waals surface area (Å²) in [6.45, 7) is 0.511. The molecule has 2 N–H and O–H groups in total. The van der Waals surface area contributed by atoms with Crippen LogP contribution in [0.1, 0.15) is 22.6 Å². The molecule has 1 atom stereocenters. The van der Waals surface area contributed by atoms with Gasteiger partial charge in [-0.15, -0.1) is 0 Å². The molecule has 0 saturated heterocycles. The number of pyridine rings is 1. The molecule has 1 heterocycles. The summed E-state index contributed by atoms with van der Waals surface area (Å²) in [5.74, 6) is -0.176. The number of nitrogens with zero attached hydrogens (tertiary/aromatic N) is 2. The molecule has 0 fully saturated rings. The van der Waals surface area contributed by atoms with Crippen molar-refractivity contribution in [2.45, 2.75) is 12.3 Å². The van der Waals surface area contributed by atoms with E-state index in [0.29, 0.717) is 12.4 Å². The molecule has 3 aromatic rings. The first-order valence-corrected chi connectivity index (χ1v) is 8.41. The van der Waals surface area contributed by atoms with Gasteiger partial charge in [0, 0.05) is 18.9 Å². The van der Waals surface area contributed by atoms with Gasteiger partial charge in [-0.3, -0.25) is 20.7 Å². The van der Waals surface area contributed by atoms with Crippen LogP contribution in [0.3, 0.4) is 0 Å². The van der Waals surface area contributed by atoms with Gasteiger partial charge in [-0.2, -0.15) is 0 Å². The third-order valence-corrected chi connectivity index (χ3v) is 4.16. The first-order chi connectivity index (χ1) is 12.8. The smallest absolute Gasteiger partial charge is 0.132 e. The number of benzene rings is 2. The average molecular weight is 349 g/mol. The maximum Gasteiger partial charge on any atom is 0.132 e. The second kappa shape index (κ2) is 8.87. The van der Waals surface area contributed by atoms with Crippen molar-refractivity contribution in [3.8, 4) is 0 Å². The van der Waals surface area contributed by atoms with Crippen LogP contribution in [0.5, 0.6) is 0 Å². The third-order valence-electron chi connectivity index (χ3n) is 4.16. The van der Waals surface area contributed by atoms with Gasteiger partial charge in [0.05, 0.1) is 5.92 Å². The van der Waals surface area contributed by atoms with Crippen LogP contribution < -0.4 is 5.48 Å². The van der Waals surface area contributed by atoms with E-state index in [2.05, 4.69) is 15.5 Å². The lowest BCUT2D eigenvalue weighted by atomic mass is 9.90. The molecule has 132 valence electrons. The number of nitrogens with one attached hydrogen (secondary N) is 1. The highest BCUT2D eigenvalue weighted by Crippen LogP contribution is 2.26. The molecule has 0 unspecified atom stereocenters. The molecule has 0 radical (unpaired) electrons. The summed E-state index contributed by atoms with van der Waals surface area (Å²) in [4.78, 5) is 8.56. The molecule has 5 heteroatoms.